The van der Waals surface area contributed by atoms with Crippen LogP contribution in [0.3, 0.4) is 0 Å². The number of hydrogen-bond acceptors (Lipinski definition) is 3. The summed E-state index contributed by atoms with van der Waals surface area (Å²) >= 11 is 6.29. The molecule has 114 valence electrons. The van der Waals surface area contributed by atoms with Crippen LogP contribution in [0.25, 0.3) is 0 Å². The van der Waals surface area contributed by atoms with Crippen LogP contribution in [-0.4, -0.2) is 25.3 Å². The highest BCUT2D eigenvalue weighted by molar-refractivity contribution is 6.32. The molecule has 0 N–H and O–H groups in total. The Kier molecular flexibility index (Phi) is 4.52. The molecule has 2 heterocycles. The van der Waals surface area contributed by atoms with Gasteiger partial charge in [0.05, 0.1) is 28.5 Å². The van der Waals surface area contributed by atoms with Gasteiger partial charge in [0, 0.05) is 31.8 Å². The SMILES string of the molecule is CCc1nn(C)c(CC(=O)Cc2c(C)nn(C)c2C)c1Cl. The summed E-state index contributed by atoms with van der Waals surface area (Å²) in [4.78, 5) is 12.4. The summed E-state index contributed by atoms with van der Waals surface area (Å²) in [6.45, 7) is 5.92. The summed E-state index contributed by atoms with van der Waals surface area (Å²) in [5, 5.41) is 9.31. The zero-order valence-electron chi connectivity index (χ0n) is 13.2. The highest BCUT2D eigenvalue weighted by Gasteiger charge is 2.18. The summed E-state index contributed by atoms with van der Waals surface area (Å²) in [6.07, 6.45) is 1.45. The lowest BCUT2D eigenvalue weighted by molar-refractivity contribution is -0.117. The fourth-order valence-electron chi connectivity index (χ4n) is 2.53. The van der Waals surface area contributed by atoms with Gasteiger partial charge in [0.25, 0.3) is 0 Å². The van der Waals surface area contributed by atoms with Gasteiger partial charge in [-0.25, -0.2) is 0 Å². The summed E-state index contributed by atoms with van der Waals surface area (Å²) in [6, 6.07) is 0. The number of rotatable bonds is 5. The van der Waals surface area contributed by atoms with Crippen molar-refractivity contribution in [1.82, 2.24) is 19.6 Å². The molecule has 0 aliphatic carbocycles. The van der Waals surface area contributed by atoms with Gasteiger partial charge in [-0.2, -0.15) is 10.2 Å². The zero-order valence-corrected chi connectivity index (χ0v) is 14.0. The van der Waals surface area contributed by atoms with Gasteiger partial charge in [-0.05, 0) is 20.3 Å². The molecule has 0 amide bonds. The van der Waals surface area contributed by atoms with Gasteiger partial charge in [-0.15, -0.1) is 0 Å². The van der Waals surface area contributed by atoms with Gasteiger partial charge >= 0.3 is 0 Å². The second kappa shape index (κ2) is 6.02. The number of aromatic nitrogens is 4. The Balaban J connectivity index is 2.17. The Morgan fingerprint density at radius 1 is 1.14 bits per heavy atom. The van der Waals surface area contributed by atoms with Crippen LogP contribution >= 0.6 is 11.6 Å². The van der Waals surface area contributed by atoms with E-state index in [2.05, 4.69) is 10.2 Å². The van der Waals surface area contributed by atoms with Gasteiger partial charge in [-0.1, -0.05) is 18.5 Å². The van der Waals surface area contributed by atoms with Crippen molar-refractivity contribution in [2.75, 3.05) is 0 Å². The maximum absolute atomic E-state index is 12.4. The zero-order chi connectivity index (χ0) is 15.7. The van der Waals surface area contributed by atoms with Crippen LogP contribution in [0.15, 0.2) is 0 Å². The number of aryl methyl sites for hydroxylation is 4. The number of nitrogens with zero attached hydrogens (tertiary/aromatic N) is 4. The van der Waals surface area contributed by atoms with Crippen molar-refractivity contribution in [3.8, 4) is 0 Å². The lowest BCUT2D eigenvalue weighted by atomic mass is 10.0. The molecule has 0 saturated carbocycles. The third-order valence-corrected chi connectivity index (χ3v) is 4.34. The van der Waals surface area contributed by atoms with Crippen LogP contribution in [0.1, 0.15) is 35.3 Å². The van der Waals surface area contributed by atoms with Crippen LogP contribution in [0.5, 0.6) is 0 Å². The summed E-state index contributed by atoms with van der Waals surface area (Å²) in [5.41, 5.74) is 4.59. The molecule has 0 bridgehead atoms. The predicted molar refractivity (Wildman–Crippen MR) is 82.7 cm³/mol. The van der Waals surface area contributed by atoms with E-state index in [1.807, 2.05) is 39.5 Å². The van der Waals surface area contributed by atoms with E-state index in [1.165, 1.54) is 0 Å². The fraction of sp³-hybridized carbons (Fsp3) is 0.533. The van der Waals surface area contributed by atoms with Crippen molar-refractivity contribution >= 4 is 17.4 Å². The van der Waals surface area contributed by atoms with Gasteiger partial charge in [-0.3, -0.25) is 14.2 Å². The minimum atomic E-state index is 0.127. The Morgan fingerprint density at radius 3 is 2.29 bits per heavy atom. The van der Waals surface area contributed by atoms with E-state index in [1.54, 1.807) is 4.68 Å². The van der Waals surface area contributed by atoms with Crippen LogP contribution in [0.2, 0.25) is 5.02 Å². The van der Waals surface area contributed by atoms with Crippen LogP contribution in [0.4, 0.5) is 0 Å². The number of ketones is 1. The summed E-state index contributed by atoms with van der Waals surface area (Å²) < 4.78 is 3.52. The fourth-order valence-corrected chi connectivity index (χ4v) is 2.89. The predicted octanol–water partition coefficient (Wildman–Crippen LogP) is 2.34. The van der Waals surface area contributed by atoms with E-state index in [0.717, 1.165) is 34.8 Å². The van der Waals surface area contributed by atoms with E-state index in [-0.39, 0.29) is 5.78 Å². The topological polar surface area (TPSA) is 52.7 Å². The van der Waals surface area contributed by atoms with Crippen molar-refractivity contribution in [1.29, 1.82) is 0 Å². The first-order chi connectivity index (χ1) is 9.85. The van der Waals surface area contributed by atoms with Crippen LogP contribution in [-0.2, 0) is 38.2 Å². The molecule has 2 aromatic rings. The number of Topliss-reactive ketones (excluding diaryl/α,β-unsaturated/α-hetero) is 1. The maximum atomic E-state index is 12.4. The molecule has 2 aromatic heterocycles. The van der Waals surface area contributed by atoms with E-state index in [0.29, 0.717) is 17.9 Å². The molecule has 0 aliphatic rings. The number of hydrogen-bond donors (Lipinski definition) is 0. The quantitative estimate of drug-likeness (QED) is 0.852. The van der Waals surface area contributed by atoms with Crippen molar-refractivity contribution in [3.05, 3.63) is 33.4 Å². The molecule has 0 spiro atoms. The second-order valence-electron chi connectivity index (χ2n) is 5.35. The Morgan fingerprint density at radius 2 is 1.81 bits per heavy atom. The number of carbonyl (C=O) groups excluding carboxylic acids is 1. The third-order valence-electron chi connectivity index (χ3n) is 3.90. The maximum Gasteiger partial charge on any atom is 0.143 e. The average molecular weight is 309 g/mol. The molecule has 6 heteroatoms. The molecule has 0 saturated heterocycles. The normalized spacial score (nSPS) is 11.1. The minimum Gasteiger partial charge on any atom is -0.299 e. The third kappa shape index (κ3) is 3.02. The molecule has 5 nitrogen and oxygen atoms in total. The smallest absolute Gasteiger partial charge is 0.143 e. The Hall–Kier alpha value is -1.62. The molecular formula is C15H21ClN4O. The molecule has 0 fully saturated rings. The first-order valence-corrected chi connectivity index (χ1v) is 7.43. The molecule has 0 radical (unpaired) electrons. The number of halogens is 1. The van der Waals surface area contributed by atoms with E-state index < -0.39 is 0 Å². The van der Waals surface area contributed by atoms with E-state index >= 15 is 0 Å². The first kappa shape index (κ1) is 15.8. The number of carbonyl (C=O) groups is 1. The molecule has 21 heavy (non-hydrogen) atoms. The molecule has 2 rings (SSSR count). The Bertz CT molecular complexity index is 684. The minimum absolute atomic E-state index is 0.127. The lowest BCUT2D eigenvalue weighted by Crippen LogP contribution is -2.11. The van der Waals surface area contributed by atoms with Crippen molar-refractivity contribution in [2.45, 2.75) is 40.0 Å². The van der Waals surface area contributed by atoms with Gasteiger partial charge in [0.2, 0.25) is 0 Å². The van der Waals surface area contributed by atoms with Crippen LogP contribution in [0, 0.1) is 13.8 Å². The van der Waals surface area contributed by atoms with Crippen molar-refractivity contribution in [3.63, 3.8) is 0 Å². The average Bonchev–Trinajstić information content (AvgIpc) is 2.83. The monoisotopic (exact) mass is 308 g/mol. The molecule has 0 aromatic carbocycles. The summed E-state index contributed by atoms with van der Waals surface area (Å²) in [7, 11) is 3.72. The van der Waals surface area contributed by atoms with E-state index in [4.69, 9.17) is 11.6 Å². The largest absolute Gasteiger partial charge is 0.299 e. The molecule has 0 atom stereocenters. The van der Waals surface area contributed by atoms with Gasteiger partial charge < -0.3 is 0 Å². The van der Waals surface area contributed by atoms with Crippen molar-refractivity contribution in [2.24, 2.45) is 14.1 Å². The van der Waals surface area contributed by atoms with Crippen molar-refractivity contribution < 1.29 is 4.79 Å². The first-order valence-electron chi connectivity index (χ1n) is 7.06. The standard InChI is InChI=1S/C15H21ClN4O/c1-6-13-15(16)14(20(5)18-13)8-11(21)7-12-9(2)17-19(4)10(12)3/h6-8H2,1-5H3. The van der Waals surface area contributed by atoms with E-state index in [9.17, 15) is 4.79 Å². The van der Waals surface area contributed by atoms with Gasteiger partial charge in [0.15, 0.2) is 0 Å². The Labute approximate surface area is 129 Å². The molecule has 0 unspecified atom stereocenters. The van der Waals surface area contributed by atoms with Gasteiger partial charge in [0.1, 0.15) is 5.78 Å². The highest BCUT2D eigenvalue weighted by Crippen LogP contribution is 2.22. The van der Waals surface area contributed by atoms with Crippen LogP contribution < -0.4 is 0 Å². The highest BCUT2D eigenvalue weighted by atomic mass is 35.5. The molecular weight excluding hydrogens is 288 g/mol. The molecule has 0 aliphatic heterocycles. The lowest BCUT2D eigenvalue weighted by Gasteiger charge is -2.04. The second-order valence-corrected chi connectivity index (χ2v) is 5.73. The summed E-state index contributed by atoms with van der Waals surface area (Å²) in [5.74, 6) is 0.127.